The monoisotopic (exact) mass is 598 g/mol. The van der Waals surface area contributed by atoms with Crippen molar-refractivity contribution in [1.82, 2.24) is 0 Å². The molecule has 5 rings (SSSR count). The van der Waals surface area contributed by atoms with Crippen LogP contribution in [0.1, 0.15) is 74.0 Å². The lowest BCUT2D eigenvalue weighted by molar-refractivity contribution is -0.189. The van der Waals surface area contributed by atoms with E-state index in [2.05, 4.69) is 0 Å². The quantitative estimate of drug-likeness (QED) is 0.295. The molecule has 13 nitrogen and oxygen atoms in total. The van der Waals surface area contributed by atoms with Gasteiger partial charge >= 0.3 is 17.9 Å². The van der Waals surface area contributed by atoms with Crippen molar-refractivity contribution in [2.45, 2.75) is 82.6 Å². The van der Waals surface area contributed by atoms with E-state index in [1.807, 2.05) is 0 Å². The molecular weight excluding hydrogens is 568 g/mol. The van der Waals surface area contributed by atoms with Gasteiger partial charge < -0.3 is 39.7 Å². The van der Waals surface area contributed by atoms with Gasteiger partial charge in [0.1, 0.15) is 11.5 Å². The average molecular weight is 599 g/mol. The van der Waals surface area contributed by atoms with Gasteiger partial charge in [0.25, 0.3) is 0 Å². The highest BCUT2D eigenvalue weighted by atomic mass is 16.6. The Morgan fingerprint density at radius 3 is 2.42 bits per heavy atom. The Morgan fingerprint density at radius 1 is 1.09 bits per heavy atom. The third-order valence-electron chi connectivity index (χ3n) is 8.19. The summed E-state index contributed by atoms with van der Waals surface area (Å²) in [6.07, 6.45) is -4.71. The standard InChI is InChI=1S/C30H30O13/c1-11-17(32)6-7-18(41-11)13-4-5-14-23(24(13)36)26(38)15-10-16-22(21(15)25(14)37)27(42-12(2)31)29(30(3,40)28(16)39)43-20(35)9-8-19(33)34/h4-5,10-11,17-18,27,29,32,36,38,40H,6-9H2,1-3H3,(H,33,34)/t11-,17+,18-,27+,29-,30-/m1/s1. The van der Waals surface area contributed by atoms with Crippen molar-refractivity contribution in [2.24, 2.45) is 0 Å². The number of aliphatic hydroxyl groups is 3. The van der Waals surface area contributed by atoms with Crippen molar-refractivity contribution < 1.29 is 63.7 Å². The Hall–Kier alpha value is -4.33. The smallest absolute Gasteiger partial charge is 0.306 e. The number of rotatable bonds is 6. The lowest BCUT2D eigenvalue weighted by Gasteiger charge is -2.41. The number of benzene rings is 1. The summed E-state index contributed by atoms with van der Waals surface area (Å²) in [4.78, 5) is 63.1. The number of esters is 2. The largest absolute Gasteiger partial charge is 0.507 e. The maximum absolute atomic E-state index is 13.9. The molecule has 43 heavy (non-hydrogen) atoms. The minimum Gasteiger partial charge on any atom is -0.507 e. The van der Waals surface area contributed by atoms with Crippen LogP contribution in [-0.4, -0.2) is 85.0 Å². The van der Waals surface area contributed by atoms with E-state index in [0.29, 0.717) is 12.8 Å². The number of Topliss-reactive ketones (excluding diaryl/α,β-unsaturated/α-hetero) is 2. The zero-order valence-electron chi connectivity index (χ0n) is 23.4. The first-order valence-electron chi connectivity index (χ1n) is 13.6. The van der Waals surface area contributed by atoms with Gasteiger partial charge in [0, 0.05) is 40.3 Å². The summed E-state index contributed by atoms with van der Waals surface area (Å²) in [6, 6.07) is 2.83. The molecular formula is C30H30O13. The van der Waals surface area contributed by atoms with E-state index in [-0.39, 0.29) is 39.0 Å². The van der Waals surface area contributed by atoms with Crippen LogP contribution in [0.15, 0.2) is 40.5 Å². The number of ketones is 2. The summed E-state index contributed by atoms with van der Waals surface area (Å²) in [5.74, 6) is -6.05. The molecule has 3 aliphatic carbocycles. The summed E-state index contributed by atoms with van der Waals surface area (Å²) in [5, 5.41) is 52.8. The van der Waals surface area contributed by atoms with E-state index < -0.39 is 89.9 Å². The first kappa shape index (κ1) is 30.1. The van der Waals surface area contributed by atoms with Gasteiger partial charge in [-0.2, -0.15) is 0 Å². The van der Waals surface area contributed by atoms with Crippen LogP contribution < -0.4 is 0 Å². The fourth-order valence-electron chi connectivity index (χ4n) is 5.99. The number of hydrogen-bond acceptors (Lipinski definition) is 12. The highest BCUT2D eigenvalue weighted by Gasteiger charge is 2.59. The second-order valence-corrected chi connectivity index (χ2v) is 11.1. The second-order valence-electron chi connectivity index (χ2n) is 11.1. The lowest BCUT2D eigenvalue weighted by Crippen LogP contribution is -2.60. The van der Waals surface area contributed by atoms with Gasteiger partial charge in [0.05, 0.1) is 36.7 Å². The number of aliphatic carboxylic acids is 1. The van der Waals surface area contributed by atoms with E-state index in [1.165, 1.54) is 12.1 Å². The molecule has 0 spiro atoms. The number of carbonyl (C=O) groups excluding carboxylic acids is 4. The Bertz CT molecular complexity index is 1560. The lowest BCUT2D eigenvalue weighted by atomic mass is 9.73. The summed E-state index contributed by atoms with van der Waals surface area (Å²) >= 11 is 0. The first-order valence-corrected chi connectivity index (χ1v) is 13.6. The first-order chi connectivity index (χ1) is 20.1. The summed E-state index contributed by atoms with van der Waals surface area (Å²) < 4.78 is 16.5. The zero-order valence-corrected chi connectivity index (χ0v) is 23.4. The van der Waals surface area contributed by atoms with Crippen LogP contribution in [0.4, 0.5) is 0 Å². The third-order valence-corrected chi connectivity index (χ3v) is 8.19. The number of carboxylic acid groups (broad SMARTS) is 1. The molecule has 2 fully saturated rings. The summed E-state index contributed by atoms with van der Waals surface area (Å²) in [6.45, 7) is 3.73. The average Bonchev–Trinajstić information content (AvgIpc) is 3.34. The van der Waals surface area contributed by atoms with Gasteiger partial charge in [-0.05, 0) is 38.8 Å². The van der Waals surface area contributed by atoms with Crippen LogP contribution in [0.25, 0.3) is 5.76 Å². The summed E-state index contributed by atoms with van der Waals surface area (Å²) in [5.41, 5.74) is -3.45. The molecule has 1 saturated heterocycles. The number of aliphatic hydroxyl groups excluding tert-OH is 2. The SMILES string of the molecule is CC(=O)O[C@H]1C2=C3C(=O)c4ccc([C@H]5CC[C@H](O)[C@@H](C)O5)c(O)c4C(O)=C3C=C2C(=O)[C@@](C)(O)[C@@H]1OC(=O)CCC(=O)O. The number of phenolic OH excluding ortho intramolecular Hbond substituents is 1. The topological polar surface area (TPSA) is 214 Å². The van der Waals surface area contributed by atoms with Crippen LogP contribution in [0.3, 0.4) is 0 Å². The Morgan fingerprint density at radius 2 is 1.79 bits per heavy atom. The van der Waals surface area contributed by atoms with Gasteiger partial charge in [-0.1, -0.05) is 6.07 Å². The Kier molecular flexibility index (Phi) is 7.53. The predicted octanol–water partition coefficient (Wildman–Crippen LogP) is 1.74. The maximum atomic E-state index is 13.9. The van der Waals surface area contributed by atoms with Crippen LogP contribution >= 0.6 is 0 Å². The molecule has 0 aromatic heterocycles. The number of carboxylic acids is 1. The normalized spacial score (nSPS) is 29.9. The van der Waals surface area contributed by atoms with E-state index in [9.17, 15) is 44.4 Å². The number of hydrogen-bond donors (Lipinski definition) is 5. The third kappa shape index (κ3) is 4.92. The molecule has 228 valence electrons. The zero-order chi connectivity index (χ0) is 31.5. The maximum Gasteiger partial charge on any atom is 0.306 e. The van der Waals surface area contributed by atoms with Crippen LogP contribution in [0.2, 0.25) is 0 Å². The fourth-order valence-corrected chi connectivity index (χ4v) is 5.99. The van der Waals surface area contributed by atoms with Gasteiger partial charge in [-0.3, -0.25) is 24.0 Å². The van der Waals surface area contributed by atoms with Crippen LogP contribution in [0.5, 0.6) is 5.75 Å². The Balaban J connectivity index is 1.64. The van der Waals surface area contributed by atoms with Crippen molar-refractivity contribution in [2.75, 3.05) is 0 Å². The van der Waals surface area contributed by atoms with Gasteiger partial charge in [0.2, 0.25) is 0 Å². The molecule has 1 aliphatic heterocycles. The molecule has 13 heteroatoms. The molecule has 1 saturated carbocycles. The van der Waals surface area contributed by atoms with Crippen molar-refractivity contribution in [3.8, 4) is 5.75 Å². The second kappa shape index (κ2) is 10.7. The molecule has 0 radical (unpaired) electrons. The van der Waals surface area contributed by atoms with Crippen molar-refractivity contribution in [3.05, 3.63) is 57.2 Å². The van der Waals surface area contributed by atoms with E-state index in [4.69, 9.17) is 19.3 Å². The molecule has 4 aliphatic rings. The van der Waals surface area contributed by atoms with Gasteiger partial charge in [-0.15, -0.1) is 0 Å². The van der Waals surface area contributed by atoms with Gasteiger partial charge in [-0.25, -0.2) is 0 Å². The molecule has 6 atom stereocenters. The molecule has 0 amide bonds. The predicted molar refractivity (Wildman–Crippen MR) is 144 cm³/mol. The van der Waals surface area contributed by atoms with E-state index in [0.717, 1.165) is 19.9 Å². The molecule has 1 aromatic rings. The van der Waals surface area contributed by atoms with Crippen molar-refractivity contribution in [3.63, 3.8) is 0 Å². The number of carbonyl (C=O) groups is 5. The van der Waals surface area contributed by atoms with E-state index in [1.54, 1.807) is 6.92 Å². The van der Waals surface area contributed by atoms with Crippen molar-refractivity contribution in [1.29, 1.82) is 0 Å². The fraction of sp³-hybridized carbons (Fsp3) is 0.433. The number of allylic oxidation sites excluding steroid dienone is 3. The molecule has 0 unspecified atom stereocenters. The minimum atomic E-state index is -2.48. The Labute approximate surface area is 244 Å². The number of fused-ring (bicyclic) bond motifs is 3. The van der Waals surface area contributed by atoms with E-state index >= 15 is 0 Å². The molecule has 0 bridgehead atoms. The van der Waals surface area contributed by atoms with Crippen LogP contribution in [-0.2, 0) is 33.4 Å². The minimum absolute atomic E-state index is 0.134. The number of aromatic hydroxyl groups is 1. The summed E-state index contributed by atoms with van der Waals surface area (Å²) in [7, 11) is 0. The number of ether oxygens (including phenoxy) is 3. The van der Waals surface area contributed by atoms with Crippen molar-refractivity contribution >= 4 is 35.2 Å². The number of phenols is 1. The van der Waals surface area contributed by atoms with Gasteiger partial charge in [0.15, 0.2) is 29.4 Å². The molecule has 1 aromatic carbocycles. The molecule has 5 N–H and O–H groups in total. The highest BCUT2D eigenvalue weighted by Crippen LogP contribution is 2.51. The van der Waals surface area contributed by atoms with Crippen LogP contribution in [0, 0.1) is 0 Å². The highest BCUT2D eigenvalue weighted by molar-refractivity contribution is 6.24. The molecule has 1 heterocycles.